The standard InChI is InChI=1S/C16H19NO5S2/c1-21-10-9-17(16(18)15-8-5-11-23-15)12-13-6-3-4-7-14(13)22-24(2,19)20/h3-8,11H,9-10,12H2,1-2H3. The summed E-state index contributed by atoms with van der Waals surface area (Å²) >= 11 is 1.36. The molecule has 0 radical (unpaired) electrons. The monoisotopic (exact) mass is 369 g/mol. The summed E-state index contributed by atoms with van der Waals surface area (Å²) in [4.78, 5) is 14.9. The minimum Gasteiger partial charge on any atom is -0.383 e. The fourth-order valence-electron chi connectivity index (χ4n) is 2.09. The molecule has 130 valence electrons. The van der Waals surface area contributed by atoms with E-state index in [2.05, 4.69) is 0 Å². The van der Waals surface area contributed by atoms with Crippen LogP contribution in [-0.4, -0.2) is 45.7 Å². The number of amides is 1. The smallest absolute Gasteiger partial charge is 0.306 e. The molecule has 0 spiro atoms. The Bertz CT molecular complexity index is 772. The zero-order valence-electron chi connectivity index (χ0n) is 13.5. The van der Waals surface area contributed by atoms with E-state index in [1.54, 1.807) is 42.3 Å². The van der Waals surface area contributed by atoms with Crippen LogP contribution >= 0.6 is 11.3 Å². The van der Waals surface area contributed by atoms with Crippen LogP contribution in [0.1, 0.15) is 15.2 Å². The lowest BCUT2D eigenvalue weighted by atomic mass is 10.2. The van der Waals surface area contributed by atoms with E-state index in [4.69, 9.17) is 8.92 Å². The zero-order valence-corrected chi connectivity index (χ0v) is 15.1. The Balaban J connectivity index is 2.25. The first kappa shape index (κ1) is 18.4. The van der Waals surface area contributed by atoms with Gasteiger partial charge in [-0.05, 0) is 17.5 Å². The molecule has 0 bridgehead atoms. The summed E-state index contributed by atoms with van der Waals surface area (Å²) < 4.78 is 32.9. The summed E-state index contributed by atoms with van der Waals surface area (Å²) in [6.45, 7) is 0.998. The third-order valence-corrected chi connectivity index (χ3v) is 4.50. The van der Waals surface area contributed by atoms with Gasteiger partial charge in [0.2, 0.25) is 0 Å². The predicted octanol–water partition coefficient (Wildman–Crippen LogP) is 2.38. The quantitative estimate of drug-likeness (QED) is 0.668. The number of carbonyl (C=O) groups is 1. The third-order valence-electron chi connectivity index (χ3n) is 3.16. The molecule has 8 heteroatoms. The second-order valence-corrected chi connectivity index (χ2v) is 7.61. The fraction of sp³-hybridized carbons (Fsp3) is 0.312. The van der Waals surface area contributed by atoms with Crippen molar-refractivity contribution < 1.29 is 22.1 Å². The van der Waals surface area contributed by atoms with Crippen LogP contribution in [0.2, 0.25) is 0 Å². The van der Waals surface area contributed by atoms with Gasteiger partial charge in [0.1, 0.15) is 5.75 Å². The molecule has 0 unspecified atom stereocenters. The number of hydrogen-bond donors (Lipinski definition) is 0. The minimum atomic E-state index is -3.64. The summed E-state index contributed by atoms with van der Waals surface area (Å²) in [5.41, 5.74) is 0.615. The van der Waals surface area contributed by atoms with Gasteiger partial charge >= 0.3 is 10.1 Å². The first-order valence-electron chi connectivity index (χ1n) is 7.20. The number of para-hydroxylation sites is 1. The summed E-state index contributed by atoms with van der Waals surface area (Å²) in [6.07, 6.45) is 0.989. The topological polar surface area (TPSA) is 72.9 Å². The van der Waals surface area contributed by atoms with Crippen LogP contribution < -0.4 is 4.18 Å². The van der Waals surface area contributed by atoms with Crippen molar-refractivity contribution in [3.05, 3.63) is 52.2 Å². The van der Waals surface area contributed by atoms with Crippen molar-refractivity contribution >= 4 is 27.4 Å². The number of methoxy groups -OCH3 is 1. The Morgan fingerprint density at radius 1 is 1.21 bits per heavy atom. The van der Waals surface area contributed by atoms with Gasteiger partial charge in [-0.25, -0.2) is 0 Å². The molecule has 0 N–H and O–H groups in total. The highest BCUT2D eigenvalue weighted by Gasteiger charge is 2.19. The minimum absolute atomic E-state index is 0.129. The van der Waals surface area contributed by atoms with Gasteiger partial charge in [0.15, 0.2) is 0 Å². The molecule has 0 fully saturated rings. The van der Waals surface area contributed by atoms with E-state index in [0.29, 0.717) is 23.6 Å². The van der Waals surface area contributed by atoms with Crippen LogP contribution in [0.5, 0.6) is 5.75 Å². The van der Waals surface area contributed by atoms with Gasteiger partial charge in [0.05, 0.1) is 17.7 Å². The molecular weight excluding hydrogens is 350 g/mol. The maximum Gasteiger partial charge on any atom is 0.306 e. The molecular formula is C16H19NO5S2. The average Bonchev–Trinajstić information content (AvgIpc) is 3.05. The SMILES string of the molecule is COCCN(Cc1ccccc1OS(C)(=O)=O)C(=O)c1cccs1. The van der Waals surface area contributed by atoms with Crippen molar-refractivity contribution in [1.29, 1.82) is 0 Å². The van der Waals surface area contributed by atoms with Gasteiger partial charge < -0.3 is 13.8 Å². The molecule has 6 nitrogen and oxygen atoms in total. The van der Waals surface area contributed by atoms with E-state index in [-0.39, 0.29) is 18.2 Å². The molecule has 1 aromatic carbocycles. The van der Waals surface area contributed by atoms with Crippen LogP contribution in [0.15, 0.2) is 41.8 Å². The summed E-state index contributed by atoms with van der Waals surface area (Å²) in [5, 5.41) is 1.84. The van der Waals surface area contributed by atoms with Gasteiger partial charge in [-0.3, -0.25) is 4.79 Å². The second-order valence-electron chi connectivity index (χ2n) is 5.09. The molecule has 1 aromatic heterocycles. The fourth-order valence-corrected chi connectivity index (χ4v) is 3.27. The van der Waals surface area contributed by atoms with Gasteiger partial charge in [-0.1, -0.05) is 24.3 Å². The highest BCUT2D eigenvalue weighted by molar-refractivity contribution is 7.86. The van der Waals surface area contributed by atoms with Crippen molar-refractivity contribution in [3.63, 3.8) is 0 Å². The van der Waals surface area contributed by atoms with Crippen molar-refractivity contribution in [3.8, 4) is 5.75 Å². The van der Waals surface area contributed by atoms with Crippen molar-refractivity contribution in [2.45, 2.75) is 6.54 Å². The second kappa shape index (κ2) is 8.27. The number of ether oxygens (including phenoxy) is 1. The Hall–Kier alpha value is -1.90. The van der Waals surface area contributed by atoms with E-state index in [9.17, 15) is 13.2 Å². The number of rotatable bonds is 8. The molecule has 0 saturated carbocycles. The Morgan fingerprint density at radius 2 is 1.96 bits per heavy atom. The van der Waals surface area contributed by atoms with E-state index >= 15 is 0 Å². The van der Waals surface area contributed by atoms with Crippen LogP contribution in [-0.2, 0) is 21.4 Å². The molecule has 2 aromatic rings. The normalized spacial score (nSPS) is 11.2. The summed E-state index contributed by atoms with van der Waals surface area (Å²) in [7, 11) is -2.08. The van der Waals surface area contributed by atoms with Gasteiger partial charge in [0, 0.05) is 25.8 Å². The molecule has 2 rings (SSSR count). The Labute approximate surface area is 145 Å². The maximum absolute atomic E-state index is 12.6. The number of thiophene rings is 1. The van der Waals surface area contributed by atoms with Crippen LogP contribution in [0.25, 0.3) is 0 Å². The molecule has 0 atom stereocenters. The summed E-state index contributed by atoms with van der Waals surface area (Å²) in [5.74, 6) is 0.0950. The Kier molecular flexibility index (Phi) is 6.36. The number of nitrogens with zero attached hydrogens (tertiary/aromatic N) is 1. The van der Waals surface area contributed by atoms with Crippen LogP contribution in [0.4, 0.5) is 0 Å². The lowest BCUT2D eigenvalue weighted by Crippen LogP contribution is -2.33. The van der Waals surface area contributed by atoms with Crippen molar-refractivity contribution in [1.82, 2.24) is 4.90 Å². The highest BCUT2D eigenvalue weighted by atomic mass is 32.2. The molecule has 0 aliphatic carbocycles. The zero-order chi connectivity index (χ0) is 17.6. The van der Waals surface area contributed by atoms with Crippen molar-refractivity contribution in [2.75, 3.05) is 26.5 Å². The van der Waals surface area contributed by atoms with E-state index in [1.807, 2.05) is 11.4 Å². The highest BCUT2D eigenvalue weighted by Crippen LogP contribution is 2.23. The van der Waals surface area contributed by atoms with E-state index < -0.39 is 10.1 Å². The molecule has 0 aliphatic heterocycles. The third kappa shape index (κ3) is 5.33. The van der Waals surface area contributed by atoms with E-state index in [1.165, 1.54) is 11.3 Å². The molecule has 1 heterocycles. The largest absolute Gasteiger partial charge is 0.383 e. The first-order chi connectivity index (χ1) is 11.4. The Morgan fingerprint density at radius 3 is 2.58 bits per heavy atom. The number of hydrogen-bond acceptors (Lipinski definition) is 6. The first-order valence-corrected chi connectivity index (χ1v) is 9.89. The predicted molar refractivity (Wildman–Crippen MR) is 92.8 cm³/mol. The van der Waals surface area contributed by atoms with Crippen molar-refractivity contribution in [2.24, 2.45) is 0 Å². The van der Waals surface area contributed by atoms with E-state index in [0.717, 1.165) is 6.26 Å². The average molecular weight is 369 g/mol. The molecule has 0 saturated heterocycles. The van der Waals surface area contributed by atoms with Gasteiger partial charge in [0.25, 0.3) is 5.91 Å². The molecule has 0 aliphatic rings. The lowest BCUT2D eigenvalue weighted by molar-refractivity contribution is 0.0684. The number of benzene rings is 1. The van der Waals surface area contributed by atoms with Gasteiger partial charge in [-0.2, -0.15) is 8.42 Å². The number of carbonyl (C=O) groups excluding carboxylic acids is 1. The molecule has 1 amide bonds. The van der Waals surface area contributed by atoms with Crippen LogP contribution in [0.3, 0.4) is 0 Å². The summed E-state index contributed by atoms with van der Waals surface area (Å²) in [6, 6.07) is 10.3. The van der Waals surface area contributed by atoms with Gasteiger partial charge in [-0.15, -0.1) is 11.3 Å². The lowest BCUT2D eigenvalue weighted by Gasteiger charge is -2.23. The maximum atomic E-state index is 12.6. The van der Waals surface area contributed by atoms with Crippen LogP contribution in [0, 0.1) is 0 Å². The molecule has 24 heavy (non-hydrogen) atoms.